The fourth-order valence-electron chi connectivity index (χ4n) is 13.8. The molecule has 14 aliphatic carbocycles. The molecule has 4 nitrogen and oxygen atoms in total. The van der Waals surface area contributed by atoms with E-state index in [1.807, 2.05) is 0 Å². The minimum atomic E-state index is -4.67. The van der Waals surface area contributed by atoms with E-state index < -0.39 is 10.4 Å². The van der Waals surface area contributed by atoms with Crippen molar-refractivity contribution in [2.45, 2.75) is 77.0 Å². The minimum Gasteiger partial charge on any atom is -0.264 e. The summed E-state index contributed by atoms with van der Waals surface area (Å²) in [6.45, 7) is 0. The van der Waals surface area contributed by atoms with Crippen molar-refractivity contribution in [1.82, 2.24) is 0 Å². The number of hydrogen-bond acceptors (Lipinski definition) is 2. The first-order chi connectivity index (χ1) is 15.8. The molecule has 2 radical (unpaired) electrons. The minimum absolute atomic E-state index is 0. The molecule has 7 heteroatoms. The molecular weight excluding hydrogens is 648 g/mol. The second-order valence-corrected chi connectivity index (χ2v) is 15.6. The van der Waals surface area contributed by atoms with Crippen molar-refractivity contribution in [3.63, 3.8) is 0 Å². The third kappa shape index (κ3) is 4.15. The van der Waals surface area contributed by atoms with E-state index in [9.17, 15) is 0 Å². The average Bonchev–Trinajstić information content (AvgIpc) is 2.79. The van der Waals surface area contributed by atoms with Gasteiger partial charge in [0.15, 0.2) is 0 Å². The Bertz CT molecular complexity index is 696. The third-order valence-electron chi connectivity index (χ3n) is 13.9. The van der Waals surface area contributed by atoms with Gasteiger partial charge in [-0.3, -0.25) is 9.11 Å². The average molecular weight is 690 g/mol. The van der Waals surface area contributed by atoms with Crippen LogP contribution in [0.1, 0.15) is 77.0 Å². The summed E-state index contributed by atoms with van der Waals surface area (Å²) < 4.78 is 31.6. The van der Waals surface area contributed by atoms with Crippen LogP contribution in [0.25, 0.3) is 0 Å². The van der Waals surface area contributed by atoms with Crippen LogP contribution >= 0.6 is 0 Å². The molecule has 0 heterocycles. The fraction of sp³-hybridized carbons (Fsp3) is 1.00. The van der Waals surface area contributed by atoms with Crippen LogP contribution in [-0.2, 0) is 55.2 Å². The predicted octanol–water partition coefficient (Wildman–Crippen LogP) is 5.99. The molecule has 0 aromatic carbocycles. The molecule has 0 unspecified atom stereocenters. The maximum Gasteiger partial charge on any atom is 0.394 e. The number of hydrogen-bond donors (Lipinski definition) is 2. The Hall–Kier alpha value is 1.35. The Balaban J connectivity index is 0.000000106. The largest absolute Gasteiger partial charge is 0.394 e. The van der Waals surface area contributed by atoms with Crippen LogP contribution in [0.15, 0.2) is 0 Å². The van der Waals surface area contributed by atoms with Gasteiger partial charge >= 0.3 is 10.4 Å². The van der Waals surface area contributed by atoms with Crippen molar-refractivity contribution in [2.75, 3.05) is 0 Å². The second-order valence-electron chi connectivity index (χ2n) is 14.7. The smallest absolute Gasteiger partial charge is 0.264 e. The van der Waals surface area contributed by atoms with E-state index >= 15 is 0 Å². The molecule has 14 fully saturated rings. The SMILES string of the molecule is C1C2CC3C4CC5CC(C14)C(C2)C3C5.C1C2CC3C4CC5CC(C14)C(C2)C3C5.O=S(=O)(O)O.[Ag].[Ag]. The Morgan fingerprint density at radius 3 is 0.514 bits per heavy atom. The molecule has 0 atom stereocenters. The quantitative estimate of drug-likeness (QED) is 0.242. The van der Waals surface area contributed by atoms with Gasteiger partial charge in [0.05, 0.1) is 0 Å². The molecule has 0 aromatic heterocycles. The molecule has 0 amide bonds. The molecular formula is C28H42Ag2O4S. The summed E-state index contributed by atoms with van der Waals surface area (Å²) in [4.78, 5) is 0. The molecule has 14 saturated carbocycles. The molecule has 0 aromatic rings. The van der Waals surface area contributed by atoms with Gasteiger partial charge in [-0.05, 0) is 172 Å². The van der Waals surface area contributed by atoms with Crippen LogP contribution in [0, 0.1) is 94.7 Å². The van der Waals surface area contributed by atoms with E-state index in [0.717, 1.165) is 0 Å². The van der Waals surface area contributed by atoms with Gasteiger partial charge in [0.1, 0.15) is 0 Å². The zero-order valence-corrected chi connectivity index (χ0v) is 24.2. The van der Waals surface area contributed by atoms with Crippen LogP contribution in [0.2, 0.25) is 0 Å². The first kappa shape index (κ1) is 26.6. The van der Waals surface area contributed by atoms with E-state index in [1.54, 1.807) is 77.0 Å². The summed E-state index contributed by atoms with van der Waals surface area (Å²) in [5, 5.41) is 0. The van der Waals surface area contributed by atoms with Crippen molar-refractivity contribution in [3.05, 3.63) is 0 Å². The van der Waals surface area contributed by atoms with Gasteiger partial charge in [0.2, 0.25) is 0 Å². The normalized spacial score (nSPS) is 59.3. The molecule has 2 N–H and O–H groups in total. The zero-order valence-electron chi connectivity index (χ0n) is 20.4. The zero-order chi connectivity index (χ0) is 22.2. The van der Waals surface area contributed by atoms with E-state index in [0.29, 0.717) is 0 Å². The molecule has 0 aliphatic heterocycles. The topological polar surface area (TPSA) is 74.6 Å². The molecule has 14 aliphatic rings. The standard InChI is InChI=1S/2C14H20.2Ag.H2O4S/c2*1-7-2-12-10-4-8-5-11(9(1)10)13(3-7)14(12)6-8;;;1-5(2,3)4/h2*7-14H,1-6H2;;;(H2,1,2,3,4). The molecule has 0 spiro atoms. The van der Waals surface area contributed by atoms with E-state index in [2.05, 4.69) is 0 Å². The summed E-state index contributed by atoms with van der Waals surface area (Å²) in [6.07, 6.45) is 19.9. The van der Waals surface area contributed by atoms with Gasteiger partial charge in [-0.25, -0.2) is 0 Å². The molecule has 35 heavy (non-hydrogen) atoms. The van der Waals surface area contributed by atoms with Gasteiger partial charge in [-0.15, -0.1) is 0 Å². The maximum absolute atomic E-state index is 8.74. The van der Waals surface area contributed by atoms with Gasteiger partial charge in [0, 0.05) is 44.8 Å². The first-order valence-corrected chi connectivity index (χ1v) is 15.9. The predicted molar refractivity (Wildman–Crippen MR) is 125 cm³/mol. The van der Waals surface area contributed by atoms with Gasteiger partial charge in [0.25, 0.3) is 0 Å². The van der Waals surface area contributed by atoms with E-state index in [1.165, 1.54) is 94.7 Å². The monoisotopic (exact) mass is 688 g/mol. The summed E-state index contributed by atoms with van der Waals surface area (Å²) >= 11 is 0. The Labute approximate surface area is 242 Å². The van der Waals surface area contributed by atoms with E-state index in [4.69, 9.17) is 17.5 Å². The molecule has 206 valence electrons. The Kier molecular flexibility index (Phi) is 6.98. The van der Waals surface area contributed by atoms with Gasteiger partial charge in [-0.2, -0.15) is 8.42 Å². The van der Waals surface area contributed by atoms with Crippen molar-refractivity contribution >= 4 is 10.4 Å². The van der Waals surface area contributed by atoms with Crippen LogP contribution in [0.4, 0.5) is 0 Å². The van der Waals surface area contributed by atoms with Crippen LogP contribution in [0.5, 0.6) is 0 Å². The summed E-state index contributed by atoms with van der Waals surface area (Å²) in [7, 11) is -4.67. The van der Waals surface area contributed by atoms with Crippen LogP contribution in [-0.4, -0.2) is 17.5 Å². The molecule has 0 saturated heterocycles. The Morgan fingerprint density at radius 1 is 0.343 bits per heavy atom. The van der Waals surface area contributed by atoms with Gasteiger partial charge < -0.3 is 0 Å². The van der Waals surface area contributed by atoms with Gasteiger partial charge in [-0.1, -0.05) is 0 Å². The fourth-order valence-corrected chi connectivity index (χ4v) is 13.8. The maximum atomic E-state index is 8.74. The summed E-state index contributed by atoms with van der Waals surface area (Å²) in [5.41, 5.74) is 0. The third-order valence-corrected chi connectivity index (χ3v) is 13.9. The van der Waals surface area contributed by atoms with Crippen molar-refractivity contribution < 1.29 is 62.3 Å². The van der Waals surface area contributed by atoms with E-state index in [-0.39, 0.29) is 44.8 Å². The number of rotatable bonds is 0. The molecule has 14 rings (SSSR count). The first-order valence-electron chi connectivity index (χ1n) is 14.5. The summed E-state index contributed by atoms with van der Waals surface area (Å²) in [5.74, 6) is 19.5. The molecule has 16 bridgehead atoms. The van der Waals surface area contributed by atoms with Crippen molar-refractivity contribution in [1.29, 1.82) is 0 Å². The Morgan fingerprint density at radius 2 is 0.429 bits per heavy atom. The summed E-state index contributed by atoms with van der Waals surface area (Å²) in [6, 6.07) is 0. The second kappa shape index (κ2) is 9.20. The van der Waals surface area contributed by atoms with Crippen molar-refractivity contribution in [3.8, 4) is 0 Å². The van der Waals surface area contributed by atoms with Crippen LogP contribution in [0.3, 0.4) is 0 Å². The van der Waals surface area contributed by atoms with Crippen LogP contribution < -0.4 is 0 Å². The van der Waals surface area contributed by atoms with Crippen molar-refractivity contribution in [2.24, 2.45) is 94.7 Å².